The van der Waals surface area contributed by atoms with Crippen LogP contribution in [-0.2, 0) is 27.2 Å². The van der Waals surface area contributed by atoms with E-state index in [2.05, 4.69) is 27.4 Å². The zero-order valence-electron chi connectivity index (χ0n) is 23.0. The quantitative estimate of drug-likeness (QED) is 0.153. The van der Waals surface area contributed by atoms with Crippen LogP contribution in [0, 0.1) is 0 Å². The molecule has 1 saturated heterocycles. The van der Waals surface area contributed by atoms with E-state index in [9.17, 15) is 14.4 Å². The molecule has 0 bridgehead atoms. The number of aryl methyl sites for hydroxylation is 1. The van der Waals surface area contributed by atoms with Gasteiger partial charge in [0.15, 0.2) is 5.96 Å². The van der Waals surface area contributed by atoms with Gasteiger partial charge in [-0.3, -0.25) is 19.4 Å². The number of nitrogens with zero attached hydrogens (tertiary/aromatic N) is 4. The first-order valence-corrected chi connectivity index (χ1v) is 14.7. The van der Waals surface area contributed by atoms with E-state index < -0.39 is 6.04 Å². The molecule has 3 aromatic rings. The van der Waals surface area contributed by atoms with Crippen molar-refractivity contribution in [2.24, 2.45) is 16.5 Å². The number of nitrogens with one attached hydrogen (secondary N) is 1. The lowest BCUT2D eigenvalue weighted by molar-refractivity contribution is -0.157. The second-order valence-electron chi connectivity index (χ2n) is 10.0. The zero-order valence-corrected chi connectivity index (χ0v) is 23.8. The van der Waals surface area contributed by atoms with Gasteiger partial charge in [0, 0.05) is 31.1 Å². The molecular weight excluding hydrogens is 538 g/mol. The lowest BCUT2D eigenvalue weighted by atomic mass is 10.00. The van der Waals surface area contributed by atoms with Crippen LogP contribution in [0.3, 0.4) is 0 Å². The lowest BCUT2D eigenvalue weighted by Crippen LogP contribution is -2.62. The van der Waals surface area contributed by atoms with Crippen molar-refractivity contribution in [2.45, 2.75) is 44.2 Å². The van der Waals surface area contributed by atoms with Crippen molar-refractivity contribution < 1.29 is 14.4 Å². The first-order valence-electron chi connectivity index (χ1n) is 13.8. The van der Waals surface area contributed by atoms with E-state index in [0.717, 1.165) is 23.4 Å². The number of hydrogen-bond donors (Lipinski definition) is 3. The standard InChI is InChI=1S/C30H37N7O3S/c31-30(32)34-15-7-14-24(28-33-16-18-41-28)35-26(38)20-37-25(19-23-11-5-2-6-12-23)29(40)36(21-27(37)39)17-8-13-22-9-3-1-4-10-22/h1-6,9-12,16,18,24-25H,7-8,13-15,17,19-21H2,(H,35,38)(H4,31,32,34)/t24-,25+/m0/s1. The molecule has 3 amide bonds. The van der Waals surface area contributed by atoms with Crippen LogP contribution in [0.1, 0.15) is 41.4 Å². The van der Waals surface area contributed by atoms with Crippen LogP contribution in [-0.4, -0.2) is 70.7 Å². The predicted octanol–water partition coefficient (Wildman–Crippen LogP) is 2.27. The summed E-state index contributed by atoms with van der Waals surface area (Å²) in [5.41, 5.74) is 13.0. The number of benzene rings is 2. The number of aliphatic imine (C=N–C) groups is 1. The van der Waals surface area contributed by atoms with Crippen molar-refractivity contribution in [2.75, 3.05) is 26.2 Å². The van der Waals surface area contributed by atoms with Gasteiger partial charge in [-0.1, -0.05) is 60.7 Å². The van der Waals surface area contributed by atoms with Gasteiger partial charge in [-0.05, 0) is 36.8 Å². The van der Waals surface area contributed by atoms with Gasteiger partial charge in [-0.2, -0.15) is 0 Å². The molecule has 0 saturated carbocycles. The maximum absolute atomic E-state index is 13.7. The van der Waals surface area contributed by atoms with Gasteiger partial charge in [0.25, 0.3) is 0 Å². The molecule has 4 rings (SSSR count). The molecule has 1 aromatic heterocycles. The number of amides is 3. The molecule has 216 valence electrons. The molecule has 10 nitrogen and oxygen atoms in total. The summed E-state index contributed by atoms with van der Waals surface area (Å²) in [5.74, 6) is -0.697. The van der Waals surface area contributed by atoms with Crippen molar-refractivity contribution in [3.63, 3.8) is 0 Å². The van der Waals surface area contributed by atoms with Crippen LogP contribution in [0.4, 0.5) is 0 Å². The molecule has 2 aromatic carbocycles. The highest BCUT2D eigenvalue weighted by Gasteiger charge is 2.40. The van der Waals surface area contributed by atoms with Crippen LogP contribution in [0.5, 0.6) is 0 Å². The summed E-state index contributed by atoms with van der Waals surface area (Å²) in [5, 5.41) is 5.62. The van der Waals surface area contributed by atoms with Crippen molar-refractivity contribution >= 4 is 35.0 Å². The number of guanidine groups is 1. The molecule has 0 unspecified atom stereocenters. The van der Waals surface area contributed by atoms with Crippen LogP contribution in [0.2, 0.25) is 0 Å². The fraction of sp³-hybridized carbons (Fsp3) is 0.367. The minimum absolute atomic E-state index is 0.0201. The summed E-state index contributed by atoms with van der Waals surface area (Å²) in [7, 11) is 0. The second-order valence-corrected chi connectivity index (χ2v) is 10.9. The van der Waals surface area contributed by atoms with E-state index >= 15 is 0 Å². The Labute approximate surface area is 244 Å². The Morgan fingerprint density at radius 1 is 1.05 bits per heavy atom. The highest BCUT2D eigenvalue weighted by molar-refractivity contribution is 7.09. The van der Waals surface area contributed by atoms with E-state index in [4.69, 9.17) is 11.5 Å². The molecule has 0 aliphatic carbocycles. The largest absolute Gasteiger partial charge is 0.370 e. The highest BCUT2D eigenvalue weighted by atomic mass is 32.1. The van der Waals surface area contributed by atoms with E-state index in [1.165, 1.54) is 21.8 Å². The van der Waals surface area contributed by atoms with Crippen LogP contribution in [0.25, 0.3) is 0 Å². The topological polar surface area (TPSA) is 147 Å². The summed E-state index contributed by atoms with van der Waals surface area (Å²) in [4.78, 5) is 51.9. The third-order valence-corrected chi connectivity index (χ3v) is 7.86. The number of hydrogen-bond acceptors (Lipinski definition) is 6. The number of piperazine rings is 1. The highest BCUT2D eigenvalue weighted by Crippen LogP contribution is 2.22. The van der Waals surface area contributed by atoms with E-state index in [1.807, 2.05) is 53.9 Å². The van der Waals surface area contributed by atoms with Crippen molar-refractivity contribution in [3.05, 3.63) is 88.4 Å². The third kappa shape index (κ3) is 8.87. The van der Waals surface area contributed by atoms with Gasteiger partial charge in [0.2, 0.25) is 17.7 Å². The number of thiazole rings is 1. The number of carbonyl (C=O) groups is 3. The average Bonchev–Trinajstić information content (AvgIpc) is 3.51. The SMILES string of the molecule is NC(N)=NCCC[C@H](NC(=O)CN1C(=O)CN(CCCc2ccccc2)C(=O)[C@H]1Cc1ccccc1)c1nccs1. The Kier molecular flexibility index (Phi) is 10.8. The third-order valence-electron chi connectivity index (χ3n) is 6.97. The summed E-state index contributed by atoms with van der Waals surface area (Å²) in [6, 6.07) is 18.5. The molecule has 2 heterocycles. The van der Waals surface area contributed by atoms with Crippen LogP contribution in [0.15, 0.2) is 77.2 Å². The minimum Gasteiger partial charge on any atom is -0.370 e. The number of carbonyl (C=O) groups excluding carboxylic acids is 3. The Morgan fingerprint density at radius 2 is 1.76 bits per heavy atom. The number of nitrogens with two attached hydrogens (primary N) is 2. The van der Waals surface area contributed by atoms with Crippen LogP contribution >= 0.6 is 11.3 Å². The summed E-state index contributed by atoms with van der Waals surface area (Å²) < 4.78 is 0. The van der Waals surface area contributed by atoms with Gasteiger partial charge in [0.05, 0.1) is 12.6 Å². The summed E-state index contributed by atoms with van der Waals surface area (Å²) in [6.07, 6.45) is 4.79. The fourth-order valence-electron chi connectivity index (χ4n) is 4.95. The van der Waals surface area contributed by atoms with Gasteiger partial charge in [-0.25, -0.2) is 4.98 Å². The monoisotopic (exact) mass is 575 g/mol. The minimum atomic E-state index is -0.763. The predicted molar refractivity (Wildman–Crippen MR) is 160 cm³/mol. The van der Waals surface area contributed by atoms with E-state index in [-0.39, 0.29) is 42.8 Å². The van der Waals surface area contributed by atoms with Crippen LogP contribution < -0.4 is 16.8 Å². The van der Waals surface area contributed by atoms with E-state index in [0.29, 0.717) is 32.4 Å². The maximum atomic E-state index is 13.7. The van der Waals surface area contributed by atoms with Gasteiger partial charge in [-0.15, -0.1) is 11.3 Å². The first kappa shape index (κ1) is 29.7. The first-order chi connectivity index (χ1) is 19.9. The molecule has 11 heteroatoms. The molecule has 1 aliphatic heterocycles. The second kappa shape index (κ2) is 14.9. The molecule has 41 heavy (non-hydrogen) atoms. The molecule has 1 aliphatic rings. The Bertz CT molecular complexity index is 1300. The van der Waals surface area contributed by atoms with Gasteiger partial charge in [0.1, 0.15) is 17.6 Å². The van der Waals surface area contributed by atoms with E-state index in [1.54, 1.807) is 11.1 Å². The van der Waals surface area contributed by atoms with Crippen molar-refractivity contribution in [1.29, 1.82) is 0 Å². The number of rotatable bonds is 14. The Balaban J connectivity index is 1.44. The van der Waals surface area contributed by atoms with Crippen molar-refractivity contribution in [3.8, 4) is 0 Å². The van der Waals surface area contributed by atoms with Gasteiger partial charge >= 0.3 is 0 Å². The molecule has 5 N–H and O–H groups in total. The molecule has 0 spiro atoms. The fourth-order valence-corrected chi connectivity index (χ4v) is 5.68. The Hall–Kier alpha value is -4.25. The van der Waals surface area contributed by atoms with Gasteiger partial charge < -0.3 is 26.6 Å². The molecule has 0 radical (unpaired) electrons. The maximum Gasteiger partial charge on any atom is 0.246 e. The lowest BCUT2D eigenvalue weighted by Gasteiger charge is -2.40. The smallest absolute Gasteiger partial charge is 0.246 e. The summed E-state index contributed by atoms with van der Waals surface area (Å²) >= 11 is 1.44. The zero-order chi connectivity index (χ0) is 29.0. The normalized spacial score (nSPS) is 16.0. The molecule has 2 atom stereocenters. The molecule has 1 fully saturated rings. The molecular formula is C30H37N7O3S. The Morgan fingerprint density at radius 3 is 2.41 bits per heavy atom. The summed E-state index contributed by atoms with van der Waals surface area (Å²) in [6.45, 7) is 0.654. The average molecular weight is 576 g/mol. The number of aromatic nitrogens is 1. The van der Waals surface area contributed by atoms with Crippen molar-refractivity contribution in [1.82, 2.24) is 20.1 Å².